The second kappa shape index (κ2) is 10.1. The molecular formula is C36H26N4O2. The molecule has 3 aromatic rings. The lowest BCUT2D eigenvalue weighted by molar-refractivity contribution is -0.104. The number of aromatic amines is 1. The summed E-state index contributed by atoms with van der Waals surface area (Å²) in [6.07, 6.45) is 13.3. The number of aliphatic imine (C=N–C) groups is 3. The maximum absolute atomic E-state index is 12.5. The molecule has 0 amide bonds. The van der Waals surface area contributed by atoms with Crippen molar-refractivity contribution >= 4 is 40.1 Å². The molecule has 5 heterocycles. The fourth-order valence-electron chi connectivity index (χ4n) is 5.49. The maximum atomic E-state index is 12.5. The fraction of sp³-hybridized carbons (Fsp3) is 0.0556. The first-order valence-corrected chi connectivity index (χ1v) is 13.7. The lowest BCUT2D eigenvalue weighted by atomic mass is 9.98. The Morgan fingerprint density at radius 3 is 1.79 bits per heavy atom. The molecule has 42 heavy (non-hydrogen) atoms. The van der Waals surface area contributed by atoms with E-state index < -0.39 is 0 Å². The Bertz CT molecular complexity index is 1980. The van der Waals surface area contributed by atoms with E-state index in [2.05, 4.69) is 41.4 Å². The van der Waals surface area contributed by atoms with Crippen LogP contribution in [0, 0.1) is 13.8 Å². The summed E-state index contributed by atoms with van der Waals surface area (Å²) >= 11 is 0. The van der Waals surface area contributed by atoms with Gasteiger partial charge in [0.2, 0.25) is 0 Å². The number of aromatic nitrogens is 1. The molecule has 0 atom stereocenters. The maximum Gasteiger partial charge on any atom is 0.154 e. The number of aldehydes is 1. The van der Waals surface area contributed by atoms with E-state index in [0.29, 0.717) is 45.4 Å². The van der Waals surface area contributed by atoms with Gasteiger partial charge >= 0.3 is 0 Å². The Morgan fingerprint density at radius 2 is 1.12 bits per heavy atom. The van der Waals surface area contributed by atoms with Gasteiger partial charge in [-0.2, -0.15) is 0 Å². The number of rotatable bonds is 3. The molecule has 8 bridgehead atoms. The number of hydrogen-bond donors (Lipinski definition) is 2. The zero-order valence-electron chi connectivity index (χ0n) is 23.1. The molecule has 6 nitrogen and oxygen atoms in total. The number of aliphatic hydroxyl groups excluding tert-OH is 1. The van der Waals surface area contributed by atoms with Crippen LogP contribution in [0.4, 0.5) is 0 Å². The number of fused-ring (bicyclic) bond motifs is 5. The van der Waals surface area contributed by atoms with Gasteiger partial charge in [-0.1, -0.05) is 59.7 Å². The molecule has 0 saturated carbocycles. The number of aliphatic hydroxyl groups is 1. The zero-order valence-corrected chi connectivity index (χ0v) is 23.1. The van der Waals surface area contributed by atoms with Crippen molar-refractivity contribution in [3.05, 3.63) is 160 Å². The van der Waals surface area contributed by atoms with Crippen LogP contribution in [0.5, 0.6) is 0 Å². The van der Waals surface area contributed by atoms with Crippen molar-refractivity contribution in [1.29, 1.82) is 0 Å². The number of hydrogen-bond acceptors (Lipinski definition) is 5. The van der Waals surface area contributed by atoms with Crippen LogP contribution in [0.3, 0.4) is 0 Å². The van der Waals surface area contributed by atoms with Crippen LogP contribution in [0.1, 0.15) is 33.6 Å². The predicted octanol–water partition coefficient (Wildman–Crippen LogP) is 7.20. The highest BCUT2D eigenvalue weighted by atomic mass is 16.2. The van der Waals surface area contributed by atoms with Gasteiger partial charge in [-0.3, -0.25) is 4.79 Å². The van der Waals surface area contributed by atoms with Crippen LogP contribution < -0.4 is 0 Å². The lowest BCUT2D eigenvalue weighted by Gasteiger charge is -2.11. The third-order valence-electron chi connectivity index (χ3n) is 7.69. The highest BCUT2D eigenvalue weighted by Crippen LogP contribution is 2.35. The van der Waals surface area contributed by atoms with E-state index in [-0.39, 0.29) is 0 Å². The third-order valence-corrected chi connectivity index (χ3v) is 7.69. The van der Waals surface area contributed by atoms with Gasteiger partial charge in [0, 0.05) is 16.8 Å². The molecule has 0 aliphatic carbocycles. The highest BCUT2D eigenvalue weighted by Gasteiger charge is 2.25. The average molecular weight is 547 g/mol. The molecular weight excluding hydrogens is 520 g/mol. The van der Waals surface area contributed by atoms with Gasteiger partial charge in [0.05, 0.1) is 57.3 Å². The van der Waals surface area contributed by atoms with E-state index in [1.807, 2.05) is 74.6 Å². The minimum atomic E-state index is 0.417. The highest BCUT2D eigenvalue weighted by molar-refractivity contribution is 6.35. The molecule has 0 spiro atoms. The topological polar surface area (TPSA) is 90.2 Å². The minimum absolute atomic E-state index is 0.417. The molecule has 0 fully saturated rings. The Hall–Kier alpha value is -5.62. The molecule has 2 aromatic carbocycles. The van der Waals surface area contributed by atoms with Crippen LogP contribution in [0.15, 0.2) is 141 Å². The average Bonchev–Trinajstić information content (AvgIpc) is 3.82. The number of nitrogens with one attached hydrogen (secondary N) is 1. The van der Waals surface area contributed by atoms with Crippen molar-refractivity contribution in [1.82, 2.24) is 4.98 Å². The Kier molecular flexibility index (Phi) is 6.09. The molecule has 7 rings (SSSR count). The zero-order chi connectivity index (χ0) is 28.8. The molecule has 6 heteroatoms. The van der Waals surface area contributed by atoms with Crippen molar-refractivity contribution in [3.63, 3.8) is 0 Å². The molecule has 2 N–H and O–H groups in total. The van der Waals surface area contributed by atoms with Crippen LogP contribution in [-0.2, 0) is 4.79 Å². The summed E-state index contributed by atoms with van der Waals surface area (Å²) in [4.78, 5) is 30.8. The SMILES string of the molecule is Cc1ccc(C2=C3C=CC(=N3)/C(=C\O)c3ccc([nH]3)C(c3ccc(C)cc3)=C3C=CC(=N3)C(C=O)=C3C=CC2=N3)cc1. The van der Waals surface area contributed by atoms with Gasteiger partial charge < -0.3 is 10.1 Å². The van der Waals surface area contributed by atoms with Gasteiger partial charge in [0.1, 0.15) is 0 Å². The number of aryl methyl sites for hydroxylation is 2. The summed E-state index contributed by atoms with van der Waals surface area (Å²) in [5.74, 6) is 0. The summed E-state index contributed by atoms with van der Waals surface area (Å²) < 4.78 is 0. The lowest BCUT2D eigenvalue weighted by Crippen LogP contribution is -2.03. The fourth-order valence-corrected chi connectivity index (χ4v) is 5.49. The quantitative estimate of drug-likeness (QED) is 0.269. The monoisotopic (exact) mass is 546 g/mol. The van der Waals surface area contributed by atoms with Gasteiger partial charge in [0.15, 0.2) is 6.29 Å². The number of nitrogens with zero attached hydrogens (tertiary/aromatic N) is 3. The van der Waals surface area contributed by atoms with Crippen LogP contribution in [0.25, 0.3) is 16.7 Å². The first kappa shape index (κ1) is 25.4. The normalized spacial score (nSPS) is 18.3. The van der Waals surface area contributed by atoms with E-state index in [1.54, 1.807) is 0 Å². The van der Waals surface area contributed by atoms with E-state index in [9.17, 15) is 9.90 Å². The molecule has 4 aliphatic rings. The second-order valence-electron chi connectivity index (χ2n) is 10.5. The van der Waals surface area contributed by atoms with Gasteiger partial charge in [0.25, 0.3) is 0 Å². The summed E-state index contributed by atoms with van der Waals surface area (Å²) in [6, 6.07) is 20.3. The number of carbonyl (C=O) groups excluding carboxylic acids is 1. The first-order chi connectivity index (χ1) is 20.5. The van der Waals surface area contributed by atoms with E-state index >= 15 is 0 Å². The first-order valence-electron chi connectivity index (χ1n) is 13.7. The summed E-state index contributed by atoms with van der Waals surface area (Å²) in [5, 5.41) is 10.4. The molecule has 0 saturated heterocycles. The smallest absolute Gasteiger partial charge is 0.154 e. The third kappa shape index (κ3) is 4.30. The number of H-pyrrole nitrogens is 1. The van der Waals surface area contributed by atoms with Crippen molar-refractivity contribution in [2.24, 2.45) is 15.0 Å². The van der Waals surface area contributed by atoms with Gasteiger partial charge in [-0.05, 0) is 73.6 Å². The molecule has 1 aromatic heterocycles. The van der Waals surface area contributed by atoms with Crippen molar-refractivity contribution in [3.8, 4) is 0 Å². The standard InChI is InChI=1S/C36H26N4O2/c1-21-3-7-23(8-4-21)35-31-15-11-27(37-31)25(19-41)29-13-17-33(39-29)36(24-9-5-22(2)6-10-24)34-18-14-30(40-34)26(20-42)28-12-16-32(35)38-28/h3-20,37,41H,1-2H3/b25-19-,30-26?,35-32?,36-33?. The summed E-state index contributed by atoms with van der Waals surface area (Å²) in [5.41, 5.74) is 12.3. The van der Waals surface area contributed by atoms with Crippen LogP contribution in [0.2, 0.25) is 0 Å². The van der Waals surface area contributed by atoms with E-state index in [4.69, 9.17) is 15.0 Å². The van der Waals surface area contributed by atoms with Gasteiger partial charge in [-0.25, -0.2) is 15.0 Å². The van der Waals surface area contributed by atoms with Gasteiger partial charge in [-0.15, -0.1) is 0 Å². The van der Waals surface area contributed by atoms with E-state index in [1.165, 1.54) is 0 Å². The molecule has 202 valence electrons. The largest absolute Gasteiger partial charge is 0.515 e. The molecule has 4 aliphatic heterocycles. The minimum Gasteiger partial charge on any atom is -0.515 e. The van der Waals surface area contributed by atoms with E-state index in [0.717, 1.165) is 57.3 Å². The Labute approximate surface area is 243 Å². The Balaban J connectivity index is 1.51. The van der Waals surface area contributed by atoms with Crippen LogP contribution in [-0.4, -0.2) is 33.5 Å². The molecule has 0 radical (unpaired) electrons. The van der Waals surface area contributed by atoms with Crippen molar-refractivity contribution in [2.45, 2.75) is 13.8 Å². The predicted molar refractivity (Wildman–Crippen MR) is 170 cm³/mol. The van der Waals surface area contributed by atoms with Crippen molar-refractivity contribution in [2.75, 3.05) is 0 Å². The molecule has 0 unspecified atom stereocenters. The second-order valence-corrected chi connectivity index (χ2v) is 10.5. The Morgan fingerprint density at radius 1 is 0.595 bits per heavy atom. The van der Waals surface area contributed by atoms with Crippen molar-refractivity contribution < 1.29 is 9.90 Å². The number of benzene rings is 2. The number of carbonyl (C=O) groups is 1. The summed E-state index contributed by atoms with van der Waals surface area (Å²) in [6.45, 7) is 4.09. The number of allylic oxidation sites excluding steroid dienone is 9. The van der Waals surface area contributed by atoms with Crippen LogP contribution >= 0.6 is 0 Å². The summed E-state index contributed by atoms with van der Waals surface area (Å²) in [7, 11) is 0.